The topological polar surface area (TPSA) is 50.8 Å². The van der Waals surface area contributed by atoms with Crippen LogP contribution in [0.25, 0.3) is 0 Å². The van der Waals surface area contributed by atoms with Gasteiger partial charge in [-0.25, -0.2) is 0 Å². The van der Waals surface area contributed by atoms with Crippen LogP contribution in [-0.2, 0) is 11.3 Å². The minimum atomic E-state index is -0.281. The van der Waals surface area contributed by atoms with Gasteiger partial charge in [-0.1, -0.05) is 24.3 Å². The Labute approximate surface area is 143 Å². The molecule has 128 valence electrons. The number of carbonyl (C=O) groups excluding carboxylic acids is 1. The van der Waals surface area contributed by atoms with Crippen molar-refractivity contribution in [2.45, 2.75) is 19.5 Å². The number of amides is 1. The number of hydrogen-bond donors (Lipinski definition) is 1. The SMILES string of the molecule is COc1ccc(CN(C)[C@@H](C)C(=O)Nc2ccccc2OC)cc1. The van der Waals surface area contributed by atoms with Crippen molar-refractivity contribution in [3.05, 3.63) is 54.1 Å². The van der Waals surface area contributed by atoms with Gasteiger partial charge in [0.15, 0.2) is 0 Å². The second-order valence-corrected chi connectivity index (χ2v) is 5.63. The summed E-state index contributed by atoms with van der Waals surface area (Å²) in [4.78, 5) is 14.5. The summed E-state index contributed by atoms with van der Waals surface area (Å²) in [6, 6.07) is 14.9. The summed E-state index contributed by atoms with van der Waals surface area (Å²) in [5.41, 5.74) is 1.80. The summed E-state index contributed by atoms with van der Waals surface area (Å²) >= 11 is 0. The highest BCUT2D eigenvalue weighted by Crippen LogP contribution is 2.23. The van der Waals surface area contributed by atoms with E-state index < -0.39 is 0 Å². The van der Waals surface area contributed by atoms with E-state index in [0.717, 1.165) is 11.3 Å². The maximum absolute atomic E-state index is 12.5. The zero-order valence-electron chi connectivity index (χ0n) is 14.6. The summed E-state index contributed by atoms with van der Waals surface area (Å²) in [7, 11) is 5.16. The van der Waals surface area contributed by atoms with Crippen LogP contribution in [0.2, 0.25) is 0 Å². The van der Waals surface area contributed by atoms with E-state index >= 15 is 0 Å². The van der Waals surface area contributed by atoms with E-state index in [-0.39, 0.29) is 11.9 Å². The highest BCUT2D eigenvalue weighted by atomic mass is 16.5. The van der Waals surface area contributed by atoms with Crippen molar-refractivity contribution < 1.29 is 14.3 Å². The third-order valence-corrected chi connectivity index (χ3v) is 4.00. The first kappa shape index (κ1) is 17.8. The number of carbonyl (C=O) groups is 1. The molecule has 0 aliphatic rings. The molecule has 0 heterocycles. The summed E-state index contributed by atoms with van der Waals surface area (Å²) in [5.74, 6) is 1.40. The predicted molar refractivity (Wildman–Crippen MR) is 95.5 cm³/mol. The molecule has 0 radical (unpaired) electrons. The van der Waals surface area contributed by atoms with Gasteiger partial charge in [0.1, 0.15) is 11.5 Å². The van der Waals surface area contributed by atoms with E-state index in [2.05, 4.69) is 5.32 Å². The van der Waals surface area contributed by atoms with Crippen LogP contribution in [0.5, 0.6) is 11.5 Å². The lowest BCUT2D eigenvalue weighted by Crippen LogP contribution is -2.39. The molecule has 1 amide bonds. The number of nitrogens with zero attached hydrogens (tertiary/aromatic N) is 1. The lowest BCUT2D eigenvalue weighted by atomic mass is 10.1. The molecule has 0 saturated carbocycles. The first-order valence-electron chi connectivity index (χ1n) is 7.82. The van der Waals surface area contributed by atoms with Crippen LogP contribution in [-0.4, -0.2) is 38.1 Å². The van der Waals surface area contributed by atoms with Gasteiger partial charge in [-0.3, -0.25) is 9.69 Å². The third-order valence-electron chi connectivity index (χ3n) is 4.00. The molecular formula is C19H24N2O3. The van der Waals surface area contributed by atoms with E-state index in [1.165, 1.54) is 0 Å². The molecule has 5 nitrogen and oxygen atoms in total. The normalized spacial score (nSPS) is 11.9. The smallest absolute Gasteiger partial charge is 0.241 e. The Bertz CT molecular complexity index is 671. The van der Waals surface area contributed by atoms with E-state index in [9.17, 15) is 4.79 Å². The molecule has 0 aliphatic carbocycles. The van der Waals surface area contributed by atoms with Crippen LogP contribution in [0.4, 0.5) is 5.69 Å². The van der Waals surface area contributed by atoms with Crippen molar-refractivity contribution >= 4 is 11.6 Å². The van der Waals surface area contributed by atoms with Crippen molar-refractivity contribution in [2.75, 3.05) is 26.6 Å². The molecule has 2 aromatic carbocycles. The molecule has 0 aliphatic heterocycles. The van der Waals surface area contributed by atoms with Gasteiger partial charge < -0.3 is 14.8 Å². The molecule has 0 spiro atoms. The summed E-state index contributed by atoms with van der Waals surface area (Å²) in [5, 5.41) is 2.92. The van der Waals surface area contributed by atoms with Crippen molar-refractivity contribution in [3.63, 3.8) is 0 Å². The van der Waals surface area contributed by atoms with Gasteiger partial charge in [-0.2, -0.15) is 0 Å². The Morgan fingerprint density at radius 1 is 1.08 bits per heavy atom. The average molecular weight is 328 g/mol. The van der Waals surface area contributed by atoms with Crippen LogP contribution >= 0.6 is 0 Å². The highest BCUT2D eigenvalue weighted by molar-refractivity contribution is 5.95. The second-order valence-electron chi connectivity index (χ2n) is 5.63. The van der Waals surface area contributed by atoms with Crippen molar-refractivity contribution in [3.8, 4) is 11.5 Å². The zero-order chi connectivity index (χ0) is 17.5. The standard InChI is InChI=1S/C19H24N2O3/c1-14(19(22)20-17-7-5-6-8-18(17)24-4)21(2)13-15-9-11-16(23-3)12-10-15/h5-12,14H,13H2,1-4H3,(H,20,22)/t14-/m0/s1. The molecule has 0 unspecified atom stereocenters. The highest BCUT2D eigenvalue weighted by Gasteiger charge is 2.19. The number of methoxy groups -OCH3 is 2. The van der Waals surface area contributed by atoms with Crippen LogP contribution < -0.4 is 14.8 Å². The zero-order valence-corrected chi connectivity index (χ0v) is 14.6. The lowest BCUT2D eigenvalue weighted by molar-refractivity contribution is -0.120. The van der Waals surface area contributed by atoms with Gasteiger partial charge in [-0.05, 0) is 43.8 Å². The van der Waals surface area contributed by atoms with E-state index in [1.807, 2.05) is 67.4 Å². The van der Waals surface area contributed by atoms with Crippen molar-refractivity contribution in [2.24, 2.45) is 0 Å². The van der Waals surface area contributed by atoms with Gasteiger partial charge in [0.25, 0.3) is 0 Å². The molecular weight excluding hydrogens is 304 g/mol. The Hall–Kier alpha value is -2.53. The average Bonchev–Trinajstić information content (AvgIpc) is 2.62. The Morgan fingerprint density at radius 3 is 2.38 bits per heavy atom. The quantitative estimate of drug-likeness (QED) is 0.848. The van der Waals surface area contributed by atoms with E-state index in [4.69, 9.17) is 9.47 Å². The molecule has 24 heavy (non-hydrogen) atoms. The second kappa shape index (κ2) is 8.36. The predicted octanol–water partition coefficient (Wildman–Crippen LogP) is 3.16. The number of benzene rings is 2. The van der Waals surface area contributed by atoms with Crippen LogP contribution in [0.3, 0.4) is 0 Å². The number of nitrogens with one attached hydrogen (secondary N) is 1. The minimum Gasteiger partial charge on any atom is -0.497 e. The number of likely N-dealkylation sites (N-methyl/N-ethyl adjacent to an activating group) is 1. The van der Waals surface area contributed by atoms with Crippen LogP contribution in [0, 0.1) is 0 Å². The summed E-state index contributed by atoms with van der Waals surface area (Å²) in [6.07, 6.45) is 0. The summed E-state index contributed by atoms with van der Waals surface area (Å²) in [6.45, 7) is 2.55. The Kier molecular flexibility index (Phi) is 6.21. The molecule has 0 saturated heterocycles. The number of ether oxygens (including phenoxy) is 2. The molecule has 1 N–H and O–H groups in total. The first-order valence-corrected chi connectivity index (χ1v) is 7.82. The molecule has 0 bridgehead atoms. The molecule has 0 fully saturated rings. The fraction of sp³-hybridized carbons (Fsp3) is 0.316. The van der Waals surface area contributed by atoms with Crippen LogP contribution in [0.1, 0.15) is 12.5 Å². The maximum atomic E-state index is 12.5. The molecule has 1 atom stereocenters. The fourth-order valence-electron chi connectivity index (χ4n) is 2.34. The fourth-order valence-corrected chi connectivity index (χ4v) is 2.34. The minimum absolute atomic E-state index is 0.0736. The number of rotatable bonds is 7. The molecule has 0 aromatic heterocycles. The lowest BCUT2D eigenvalue weighted by Gasteiger charge is -2.24. The Morgan fingerprint density at radius 2 is 1.75 bits per heavy atom. The molecule has 2 aromatic rings. The monoisotopic (exact) mass is 328 g/mol. The molecule has 5 heteroatoms. The van der Waals surface area contributed by atoms with Gasteiger partial charge >= 0.3 is 0 Å². The van der Waals surface area contributed by atoms with Crippen LogP contribution in [0.15, 0.2) is 48.5 Å². The van der Waals surface area contributed by atoms with E-state index in [1.54, 1.807) is 14.2 Å². The molecule has 2 rings (SSSR count). The van der Waals surface area contributed by atoms with Gasteiger partial charge in [0.2, 0.25) is 5.91 Å². The van der Waals surface area contributed by atoms with Gasteiger partial charge in [-0.15, -0.1) is 0 Å². The number of hydrogen-bond acceptors (Lipinski definition) is 4. The number of para-hydroxylation sites is 2. The number of anilines is 1. The van der Waals surface area contributed by atoms with Crippen molar-refractivity contribution in [1.82, 2.24) is 4.90 Å². The Balaban J connectivity index is 1.98. The first-order chi connectivity index (χ1) is 11.5. The van der Waals surface area contributed by atoms with Crippen molar-refractivity contribution in [1.29, 1.82) is 0 Å². The third kappa shape index (κ3) is 4.49. The van der Waals surface area contributed by atoms with E-state index in [0.29, 0.717) is 18.0 Å². The van der Waals surface area contributed by atoms with Gasteiger partial charge in [0, 0.05) is 6.54 Å². The maximum Gasteiger partial charge on any atom is 0.241 e. The summed E-state index contributed by atoms with van der Waals surface area (Å²) < 4.78 is 10.4. The van der Waals surface area contributed by atoms with Gasteiger partial charge in [0.05, 0.1) is 25.9 Å². The largest absolute Gasteiger partial charge is 0.497 e.